The highest BCUT2D eigenvalue weighted by atomic mass is 16.5. The normalized spacial score (nSPS) is 11.1. The van der Waals surface area contributed by atoms with Crippen molar-refractivity contribution in [2.24, 2.45) is 5.92 Å². The van der Waals surface area contributed by atoms with Crippen LogP contribution in [0.1, 0.15) is 45.1 Å². The Morgan fingerprint density at radius 2 is 2.04 bits per heavy atom. The molecule has 5 heteroatoms. The Hall–Kier alpha value is -2.17. The highest BCUT2D eigenvalue weighted by Gasteiger charge is 2.13. The van der Waals surface area contributed by atoms with Crippen LogP contribution in [0.15, 0.2) is 24.3 Å². The van der Waals surface area contributed by atoms with Crippen LogP contribution in [0.25, 0.3) is 0 Å². The molecule has 5 nitrogen and oxygen atoms in total. The summed E-state index contributed by atoms with van der Waals surface area (Å²) in [6.45, 7) is 4.48. The van der Waals surface area contributed by atoms with E-state index in [9.17, 15) is 15.0 Å². The predicted octanol–water partition coefficient (Wildman–Crippen LogP) is 3.50. The van der Waals surface area contributed by atoms with E-state index in [1.807, 2.05) is 0 Å². The molecule has 0 aliphatic carbocycles. The number of carbonyl (C=O) groups is 1. The van der Waals surface area contributed by atoms with Gasteiger partial charge in [0.05, 0.1) is 7.11 Å². The van der Waals surface area contributed by atoms with Crippen LogP contribution in [0.4, 0.5) is 0 Å². The van der Waals surface area contributed by atoms with Crippen molar-refractivity contribution in [1.29, 1.82) is 0 Å². The first-order valence-electron chi connectivity index (χ1n) is 7.96. The van der Waals surface area contributed by atoms with Crippen LogP contribution in [0.5, 0.6) is 17.2 Å². The molecule has 0 fully saturated rings. The molecule has 1 amide bonds. The van der Waals surface area contributed by atoms with Crippen molar-refractivity contribution < 1.29 is 19.7 Å². The summed E-state index contributed by atoms with van der Waals surface area (Å²) in [5, 5.41) is 22.3. The molecule has 0 saturated carbocycles. The third-order valence-electron chi connectivity index (χ3n) is 3.42. The Labute approximate surface area is 138 Å². The molecule has 0 spiro atoms. The number of phenols is 2. The Morgan fingerprint density at radius 3 is 2.70 bits per heavy atom. The van der Waals surface area contributed by atoms with Gasteiger partial charge in [-0.2, -0.15) is 0 Å². The lowest BCUT2D eigenvalue weighted by Crippen LogP contribution is -2.22. The second kappa shape index (κ2) is 9.77. The minimum Gasteiger partial charge on any atom is -0.504 e. The monoisotopic (exact) mass is 321 g/mol. The lowest BCUT2D eigenvalue weighted by molar-refractivity contribution is -0.121. The van der Waals surface area contributed by atoms with Crippen molar-refractivity contribution in [2.75, 3.05) is 7.11 Å². The quantitative estimate of drug-likeness (QED) is 0.480. The number of phenolic OH excluding ortho intramolecular Hbond substituents is 2. The fourth-order valence-electron chi connectivity index (χ4n) is 2.14. The molecule has 0 aromatic heterocycles. The SMILES string of the molecule is COc1c(O)ccc(CNC(=O)CCCC/C=C/C(C)C)c1O. The van der Waals surface area contributed by atoms with Gasteiger partial charge in [-0.3, -0.25) is 4.79 Å². The molecule has 0 radical (unpaired) electrons. The van der Waals surface area contributed by atoms with E-state index in [0.717, 1.165) is 19.3 Å². The maximum absolute atomic E-state index is 11.8. The van der Waals surface area contributed by atoms with Gasteiger partial charge in [0.15, 0.2) is 11.5 Å². The van der Waals surface area contributed by atoms with Crippen molar-refractivity contribution in [2.45, 2.75) is 46.1 Å². The molecule has 0 aliphatic heterocycles. The second-order valence-corrected chi connectivity index (χ2v) is 5.82. The summed E-state index contributed by atoms with van der Waals surface area (Å²) in [6, 6.07) is 2.99. The van der Waals surface area contributed by atoms with E-state index in [2.05, 4.69) is 31.3 Å². The first-order chi connectivity index (χ1) is 11.0. The lowest BCUT2D eigenvalue weighted by Gasteiger charge is -2.11. The standard InChI is InChI=1S/C18H27NO4/c1-13(2)8-6-4-5-7-9-16(21)19-12-14-10-11-15(20)18(23-3)17(14)22/h6,8,10-11,13,20,22H,4-5,7,9,12H2,1-3H3,(H,19,21)/b8-6+. The first-order valence-corrected chi connectivity index (χ1v) is 7.96. The highest BCUT2D eigenvalue weighted by Crippen LogP contribution is 2.37. The number of carbonyl (C=O) groups excluding carboxylic acids is 1. The van der Waals surface area contributed by atoms with Crippen LogP contribution in [0.3, 0.4) is 0 Å². The Bertz CT molecular complexity index is 538. The van der Waals surface area contributed by atoms with Gasteiger partial charge in [0, 0.05) is 18.5 Å². The average molecular weight is 321 g/mol. The Balaban J connectivity index is 2.34. The van der Waals surface area contributed by atoms with Gasteiger partial charge in [-0.1, -0.05) is 26.0 Å². The number of methoxy groups -OCH3 is 1. The maximum Gasteiger partial charge on any atom is 0.220 e. The van der Waals surface area contributed by atoms with E-state index in [1.54, 1.807) is 6.07 Å². The zero-order valence-corrected chi connectivity index (χ0v) is 14.1. The molecule has 0 saturated heterocycles. The van der Waals surface area contributed by atoms with E-state index >= 15 is 0 Å². The van der Waals surface area contributed by atoms with Gasteiger partial charge in [-0.25, -0.2) is 0 Å². The highest BCUT2D eigenvalue weighted by molar-refractivity contribution is 5.76. The largest absolute Gasteiger partial charge is 0.504 e. The van der Waals surface area contributed by atoms with Crippen LogP contribution >= 0.6 is 0 Å². The molecule has 3 N–H and O–H groups in total. The van der Waals surface area contributed by atoms with Crippen LogP contribution in [-0.2, 0) is 11.3 Å². The number of hydrogen-bond donors (Lipinski definition) is 3. The summed E-state index contributed by atoms with van der Waals surface area (Å²) in [5.41, 5.74) is 0.507. The Morgan fingerprint density at radius 1 is 1.30 bits per heavy atom. The molecule has 0 bridgehead atoms. The van der Waals surface area contributed by atoms with Gasteiger partial charge < -0.3 is 20.3 Å². The molecule has 0 heterocycles. The molecule has 1 rings (SSSR count). The number of amides is 1. The number of allylic oxidation sites excluding steroid dienone is 2. The zero-order valence-electron chi connectivity index (χ0n) is 14.1. The van der Waals surface area contributed by atoms with E-state index in [4.69, 9.17) is 4.74 Å². The minimum atomic E-state index is -0.147. The van der Waals surface area contributed by atoms with Gasteiger partial charge >= 0.3 is 0 Å². The summed E-state index contributed by atoms with van der Waals surface area (Å²) in [5.74, 6) is 0.257. The molecule has 0 atom stereocenters. The summed E-state index contributed by atoms with van der Waals surface area (Å²) in [7, 11) is 1.37. The van der Waals surface area contributed by atoms with E-state index in [1.165, 1.54) is 13.2 Å². The van der Waals surface area contributed by atoms with E-state index in [0.29, 0.717) is 17.9 Å². The van der Waals surface area contributed by atoms with E-state index in [-0.39, 0.29) is 29.7 Å². The first kappa shape index (κ1) is 18.9. The predicted molar refractivity (Wildman–Crippen MR) is 90.6 cm³/mol. The third-order valence-corrected chi connectivity index (χ3v) is 3.42. The lowest BCUT2D eigenvalue weighted by atomic mass is 10.1. The summed E-state index contributed by atoms with van der Waals surface area (Å²) >= 11 is 0. The third kappa shape index (κ3) is 6.63. The number of nitrogens with one attached hydrogen (secondary N) is 1. The number of aromatic hydroxyl groups is 2. The van der Waals surface area contributed by atoms with Crippen molar-refractivity contribution in [1.82, 2.24) is 5.32 Å². The van der Waals surface area contributed by atoms with Gasteiger partial charge in [-0.15, -0.1) is 0 Å². The molecular weight excluding hydrogens is 294 g/mol. The molecule has 0 unspecified atom stereocenters. The van der Waals surface area contributed by atoms with Crippen molar-refractivity contribution >= 4 is 5.91 Å². The number of hydrogen-bond acceptors (Lipinski definition) is 4. The fraction of sp³-hybridized carbons (Fsp3) is 0.500. The van der Waals surface area contributed by atoms with Crippen LogP contribution in [0.2, 0.25) is 0 Å². The fourth-order valence-corrected chi connectivity index (χ4v) is 2.14. The number of rotatable bonds is 9. The number of ether oxygens (including phenoxy) is 1. The topological polar surface area (TPSA) is 78.8 Å². The van der Waals surface area contributed by atoms with Crippen molar-refractivity contribution in [3.05, 3.63) is 29.8 Å². The molecule has 0 aliphatic rings. The van der Waals surface area contributed by atoms with Crippen molar-refractivity contribution in [3.8, 4) is 17.2 Å². The van der Waals surface area contributed by atoms with Crippen LogP contribution in [0, 0.1) is 5.92 Å². The van der Waals surface area contributed by atoms with Gasteiger partial charge in [-0.05, 0) is 37.3 Å². The summed E-state index contributed by atoms with van der Waals surface area (Å²) in [4.78, 5) is 11.8. The Kier molecular flexibility index (Phi) is 8.02. The van der Waals surface area contributed by atoms with Crippen LogP contribution < -0.4 is 10.1 Å². The molecule has 1 aromatic rings. The minimum absolute atomic E-state index is 0.0219. The molecular formula is C18H27NO4. The van der Waals surface area contributed by atoms with Gasteiger partial charge in [0.25, 0.3) is 0 Å². The number of benzene rings is 1. The molecule has 1 aromatic carbocycles. The molecule has 23 heavy (non-hydrogen) atoms. The smallest absolute Gasteiger partial charge is 0.220 e. The van der Waals surface area contributed by atoms with Gasteiger partial charge in [0.2, 0.25) is 11.7 Å². The second-order valence-electron chi connectivity index (χ2n) is 5.82. The summed E-state index contributed by atoms with van der Waals surface area (Å²) < 4.78 is 4.92. The van der Waals surface area contributed by atoms with Gasteiger partial charge in [0.1, 0.15) is 0 Å². The summed E-state index contributed by atoms with van der Waals surface area (Å²) in [6.07, 6.45) is 7.59. The van der Waals surface area contributed by atoms with Crippen molar-refractivity contribution in [3.63, 3.8) is 0 Å². The zero-order chi connectivity index (χ0) is 17.2. The van der Waals surface area contributed by atoms with E-state index < -0.39 is 0 Å². The number of unbranched alkanes of at least 4 members (excludes halogenated alkanes) is 2. The van der Waals surface area contributed by atoms with Crippen LogP contribution in [-0.4, -0.2) is 23.2 Å². The average Bonchev–Trinajstić information content (AvgIpc) is 2.50. The maximum atomic E-state index is 11.8. The molecule has 128 valence electrons.